The van der Waals surface area contributed by atoms with E-state index < -0.39 is 18.3 Å². The number of unbranched alkanes of at least 4 members (excludes halogenated alkanes) is 1. The molecule has 2 aliphatic rings. The second kappa shape index (κ2) is 15.7. The average Bonchev–Trinajstić information content (AvgIpc) is 3.65. The maximum atomic E-state index is 13.3. The van der Waals surface area contributed by atoms with Crippen molar-refractivity contribution in [3.05, 3.63) is 75.7 Å². The molecular formula is C35H41FN8O5. The number of aromatic nitrogens is 2. The highest BCUT2D eigenvalue weighted by atomic mass is 19.1. The first kappa shape index (κ1) is 34.9. The Balaban J connectivity index is 1.20. The number of hydrazine groups is 1. The predicted octanol–water partition coefficient (Wildman–Crippen LogP) is 2.30. The fourth-order valence-corrected chi connectivity index (χ4v) is 6.16. The van der Waals surface area contributed by atoms with E-state index in [0.29, 0.717) is 59.6 Å². The van der Waals surface area contributed by atoms with Gasteiger partial charge in [0.2, 0.25) is 5.91 Å². The number of amidine groups is 1. The van der Waals surface area contributed by atoms with Gasteiger partial charge in [-0.2, -0.15) is 0 Å². The molecule has 0 bridgehead atoms. The fraction of sp³-hybridized carbons (Fsp3) is 0.400. The Hall–Kier alpha value is -5.40. The van der Waals surface area contributed by atoms with Gasteiger partial charge in [0.05, 0.1) is 29.3 Å². The number of hydrogen-bond donors (Lipinski definition) is 3. The summed E-state index contributed by atoms with van der Waals surface area (Å²) in [6, 6.07) is 11.3. The summed E-state index contributed by atoms with van der Waals surface area (Å²) < 4.78 is 16.4. The van der Waals surface area contributed by atoms with Crippen LogP contribution in [0.5, 0.6) is 0 Å². The summed E-state index contributed by atoms with van der Waals surface area (Å²) in [6.45, 7) is 1.92. The average molecular weight is 673 g/mol. The highest BCUT2D eigenvalue weighted by molar-refractivity contribution is 6.48. The molecule has 0 aliphatic carbocycles. The van der Waals surface area contributed by atoms with Gasteiger partial charge < -0.3 is 20.2 Å². The molecule has 49 heavy (non-hydrogen) atoms. The lowest BCUT2D eigenvalue weighted by Crippen LogP contribution is -2.56. The van der Waals surface area contributed by atoms with E-state index in [-0.39, 0.29) is 43.4 Å². The second-order valence-corrected chi connectivity index (χ2v) is 12.1. The molecule has 3 unspecified atom stereocenters. The lowest BCUT2D eigenvalue weighted by atomic mass is 10.0. The molecule has 0 radical (unpaired) electrons. The zero-order valence-electron chi connectivity index (χ0n) is 27.8. The van der Waals surface area contributed by atoms with Crippen LogP contribution in [0.25, 0.3) is 16.7 Å². The molecule has 2 aromatic carbocycles. The molecule has 2 aliphatic heterocycles. The molecule has 258 valence electrons. The molecule has 3 aromatic rings. The van der Waals surface area contributed by atoms with Crippen LogP contribution in [0.1, 0.15) is 60.1 Å². The number of nitrogens with one attached hydrogen (secondary N) is 3. The number of fused-ring (bicyclic) bond motifs is 2. The van der Waals surface area contributed by atoms with Gasteiger partial charge in [0.15, 0.2) is 5.84 Å². The lowest BCUT2D eigenvalue weighted by Gasteiger charge is -2.33. The highest BCUT2D eigenvalue weighted by Gasteiger charge is 2.38. The van der Waals surface area contributed by atoms with Crippen LogP contribution in [0.3, 0.4) is 0 Å². The minimum absolute atomic E-state index is 0.0918. The van der Waals surface area contributed by atoms with E-state index in [1.54, 1.807) is 41.9 Å². The van der Waals surface area contributed by atoms with Gasteiger partial charge in [0, 0.05) is 44.7 Å². The van der Waals surface area contributed by atoms with Crippen LogP contribution in [0.4, 0.5) is 4.39 Å². The first-order valence-electron chi connectivity index (χ1n) is 16.4. The van der Waals surface area contributed by atoms with E-state index >= 15 is 0 Å². The molecule has 1 aromatic heterocycles. The second-order valence-electron chi connectivity index (χ2n) is 12.1. The standard InChI is InChI=1S/C35H41FN8O5/c1-22(36)19-40-34(48)30-20-39-32-28(37-2)18-27(41-44(30)32)24-11-6-12-25(17-24)33(47)38-15-5-4-9-23-10-7-14-29-31(23)42(3)35(49)43(29)26(21-46)13-8-16-45/h6-7,10-12,14,16-18,21-22,26,30,41H,4-5,8-9,13,15,19-20H2,1-3H3,(H,38,47)(H,40,48). The van der Waals surface area contributed by atoms with Crippen molar-refractivity contribution < 1.29 is 23.6 Å². The van der Waals surface area contributed by atoms with Gasteiger partial charge in [-0.15, -0.1) is 0 Å². The van der Waals surface area contributed by atoms with Crippen LogP contribution < -0.4 is 21.7 Å². The molecular weight excluding hydrogens is 631 g/mol. The normalized spacial score (nSPS) is 17.5. The summed E-state index contributed by atoms with van der Waals surface area (Å²) in [7, 11) is 3.31. The maximum absolute atomic E-state index is 13.3. The number of para-hydroxylation sites is 1. The fourth-order valence-electron chi connectivity index (χ4n) is 6.16. The molecule has 3 atom stereocenters. The number of nitrogens with zero attached hydrogens (tertiary/aromatic N) is 5. The van der Waals surface area contributed by atoms with Crippen molar-refractivity contribution in [2.24, 2.45) is 17.0 Å². The summed E-state index contributed by atoms with van der Waals surface area (Å²) in [4.78, 5) is 70.5. The van der Waals surface area contributed by atoms with Crippen molar-refractivity contribution in [3.8, 4) is 0 Å². The van der Waals surface area contributed by atoms with Crippen LogP contribution in [0, 0.1) is 0 Å². The lowest BCUT2D eigenvalue weighted by molar-refractivity contribution is -0.125. The number of amides is 2. The number of aryl methyl sites for hydroxylation is 2. The summed E-state index contributed by atoms with van der Waals surface area (Å²) in [5.41, 5.74) is 7.68. The van der Waals surface area contributed by atoms with Crippen molar-refractivity contribution in [1.29, 1.82) is 0 Å². The molecule has 0 saturated heterocycles. The van der Waals surface area contributed by atoms with Gasteiger partial charge >= 0.3 is 5.69 Å². The van der Waals surface area contributed by atoms with Gasteiger partial charge in [-0.05, 0) is 62.4 Å². The number of imidazole rings is 1. The van der Waals surface area contributed by atoms with Crippen molar-refractivity contribution in [2.75, 3.05) is 26.7 Å². The number of carbonyl (C=O) groups is 4. The summed E-state index contributed by atoms with van der Waals surface area (Å²) in [5.74, 6) is -0.0674. The molecule has 3 heterocycles. The molecule has 5 rings (SSSR count). The van der Waals surface area contributed by atoms with E-state index in [1.165, 1.54) is 11.5 Å². The van der Waals surface area contributed by atoms with E-state index in [1.807, 2.05) is 30.3 Å². The van der Waals surface area contributed by atoms with Crippen LogP contribution in [-0.2, 0) is 27.9 Å². The molecule has 0 fully saturated rings. The number of alkyl halides is 1. The van der Waals surface area contributed by atoms with Gasteiger partial charge in [-0.3, -0.25) is 39.1 Å². The highest BCUT2D eigenvalue weighted by Crippen LogP contribution is 2.24. The topological polar surface area (TPSA) is 159 Å². The van der Waals surface area contributed by atoms with E-state index in [2.05, 4.69) is 26.0 Å². The van der Waals surface area contributed by atoms with Gasteiger partial charge in [0.1, 0.15) is 30.5 Å². The van der Waals surface area contributed by atoms with Crippen LogP contribution in [0.2, 0.25) is 0 Å². The Labute approximate surface area is 282 Å². The van der Waals surface area contributed by atoms with Gasteiger partial charge in [-0.25, -0.2) is 9.18 Å². The van der Waals surface area contributed by atoms with E-state index in [9.17, 15) is 28.4 Å². The first-order chi connectivity index (χ1) is 23.7. The Bertz CT molecular complexity index is 1890. The van der Waals surface area contributed by atoms with E-state index in [0.717, 1.165) is 23.8 Å². The summed E-state index contributed by atoms with van der Waals surface area (Å²) >= 11 is 0. The molecule has 0 spiro atoms. The van der Waals surface area contributed by atoms with Gasteiger partial charge in [-0.1, -0.05) is 24.3 Å². The maximum Gasteiger partial charge on any atom is 0.329 e. The van der Waals surface area contributed by atoms with Crippen molar-refractivity contribution in [3.63, 3.8) is 0 Å². The zero-order chi connectivity index (χ0) is 35.1. The number of aldehydes is 2. The summed E-state index contributed by atoms with van der Waals surface area (Å²) in [5, 5.41) is 7.22. The number of carbonyl (C=O) groups excluding carboxylic acids is 4. The zero-order valence-corrected chi connectivity index (χ0v) is 27.8. The Kier molecular flexibility index (Phi) is 11.2. The SMILES string of the molecule is CN=C1C=C(c2cccc(C(=O)NCCCCc3cccc4c3n(C)c(=O)n4C(C=O)CCC=O)c2)NN2C1=NCC2C(=O)NCC(C)F. The third-order valence-electron chi connectivity index (χ3n) is 8.66. The molecule has 2 amide bonds. The largest absolute Gasteiger partial charge is 0.352 e. The van der Waals surface area contributed by atoms with Gasteiger partial charge in [0.25, 0.3) is 5.91 Å². The van der Waals surface area contributed by atoms with Crippen molar-refractivity contribution in [1.82, 2.24) is 30.2 Å². The Morgan fingerprint density at radius 1 is 1.16 bits per heavy atom. The Morgan fingerprint density at radius 2 is 1.96 bits per heavy atom. The third-order valence-corrected chi connectivity index (χ3v) is 8.66. The third kappa shape index (κ3) is 7.53. The van der Waals surface area contributed by atoms with Crippen molar-refractivity contribution >= 4 is 52.7 Å². The first-order valence-corrected chi connectivity index (χ1v) is 16.4. The number of halogens is 1. The van der Waals surface area contributed by atoms with Crippen LogP contribution in [0.15, 0.2) is 63.3 Å². The molecule has 0 saturated carbocycles. The van der Waals surface area contributed by atoms with Crippen LogP contribution >= 0.6 is 0 Å². The molecule has 13 nitrogen and oxygen atoms in total. The minimum atomic E-state index is -1.17. The molecule has 14 heteroatoms. The van der Waals surface area contributed by atoms with E-state index in [4.69, 9.17) is 0 Å². The molecule has 3 N–H and O–H groups in total. The minimum Gasteiger partial charge on any atom is -0.352 e. The Morgan fingerprint density at radius 3 is 2.69 bits per heavy atom. The summed E-state index contributed by atoms with van der Waals surface area (Å²) in [6.07, 6.45) is 4.63. The predicted molar refractivity (Wildman–Crippen MR) is 185 cm³/mol. The number of rotatable bonds is 15. The van der Waals surface area contributed by atoms with Crippen LogP contribution in [-0.4, -0.2) is 89.0 Å². The number of hydrogen-bond acceptors (Lipinski definition) is 9. The quantitative estimate of drug-likeness (QED) is 0.165. The van der Waals surface area contributed by atoms with Crippen molar-refractivity contribution in [2.45, 2.75) is 57.3 Å². The smallest absolute Gasteiger partial charge is 0.329 e. The monoisotopic (exact) mass is 672 g/mol. The number of benzene rings is 2. The number of aliphatic imine (C=N–C) groups is 2.